The van der Waals surface area contributed by atoms with Crippen molar-refractivity contribution in [1.29, 1.82) is 0 Å². The van der Waals surface area contributed by atoms with Crippen LogP contribution < -0.4 is 4.74 Å². The molecule has 1 aromatic carbocycles. The predicted molar refractivity (Wildman–Crippen MR) is 89.0 cm³/mol. The second kappa shape index (κ2) is 6.20. The molecule has 0 aliphatic carbocycles. The molecule has 132 valence electrons. The van der Waals surface area contributed by atoms with Gasteiger partial charge in [-0.15, -0.1) is 0 Å². The largest absolute Gasteiger partial charge is 0.493 e. The molecule has 0 atom stereocenters. The van der Waals surface area contributed by atoms with E-state index in [1.807, 2.05) is 0 Å². The van der Waals surface area contributed by atoms with Crippen molar-refractivity contribution in [3.8, 4) is 5.75 Å². The Balaban J connectivity index is 1.47. The zero-order valence-electron chi connectivity index (χ0n) is 13.6. The van der Waals surface area contributed by atoms with Crippen LogP contribution >= 0.6 is 0 Å². The number of carbonyl (C=O) groups is 1. The highest BCUT2D eigenvalue weighted by Crippen LogP contribution is 2.29. The number of sulfonamides is 1. The number of rotatable bonds is 3. The Bertz CT molecular complexity index is 884. The van der Waals surface area contributed by atoms with Crippen molar-refractivity contribution in [1.82, 2.24) is 9.21 Å². The molecule has 1 amide bonds. The van der Waals surface area contributed by atoms with E-state index < -0.39 is 10.0 Å². The topological polar surface area (TPSA) is 80.1 Å². The van der Waals surface area contributed by atoms with Gasteiger partial charge in [0.05, 0.1) is 17.8 Å². The number of hydrogen-bond acceptors (Lipinski definition) is 5. The third kappa shape index (κ3) is 2.91. The fourth-order valence-corrected chi connectivity index (χ4v) is 4.63. The molecule has 0 saturated carbocycles. The summed E-state index contributed by atoms with van der Waals surface area (Å²) in [6.45, 7) is 1.80. The van der Waals surface area contributed by atoms with Gasteiger partial charge in [0.15, 0.2) is 5.76 Å². The lowest BCUT2D eigenvalue weighted by Gasteiger charge is -2.33. The number of piperazine rings is 1. The van der Waals surface area contributed by atoms with E-state index in [-0.39, 0.29) is 29.7 Å². The van der Waals surface area contributed by atoms with Gasteiger partial charge in [0.1, 0.15) is 5.75 Å². The fourth-order valence-electron chi connectivity index (χ4n) is 3.16. The molecule has 0 unspecified atom stereocenters. The van der Waals surface area contributed by atoms with Crippen LogP contribution in [0.1, 0.15) is 16.1 Å². The number of benzene rings is 1. The average Bonchev–Trinajstić information content (AvgIpc) is 3.32. The number of furan rings is 1. The fraction of sp³-hybridized carbons (Fsp3) is 0.353. The Morgan fingerprint density at radius 1 is 1.08 bits per heavy atom. The van der Waals surface area contributed by atoms with Crippen LogP contribution in [0.5, 0.6) is 5.75 Å². The van der Waals surface area contributed by atoms with E-state index in [2.05, 4.69) is 0 Å². The van der Waals surface area contributed by atoms with Crippen molar-refractivity contribution in [2.24, 2.45) is 0 Å². The SMILES string of the molecule is O=C(c1ccco1)N1CCN(S(=O)(=O)c2ccc3c(c2)CCO3)CC1. The quantitative estimate of drug-likeness (QED) is 0.824. The van der Waals surface area contributed by atoms with Crippen LogP contribution in [-0.2, 0) is 16.4 Å². The van der Waals surface area contributed by atoms with Gasteiger partial charge in [-0.05, 0) is 35.9 Å². The van der Waals surface area contributed by atoms with E-state index in [0.29, 0.717) is 19.7 Å². The summed E-state index contributed by atoms with van der Waals surface area (Å²) in [4.78, 5) is 14.2. The van der Waals surface area contributed by atoms with Gasteiger partial charge < -0.3 is 14.1 Å². The van der Waals surface area contributed by atoms with Gasteiger partial charge in [0.2, 0.25) is 10.0 Å². The van der Waals surface area contributed by atoms with E-state index in [4.69, 9.17) is 9.15 Å². The monoisotopic (exact) mass is 362 g/mol. The Labute approximate surface area is 145 Å². The Morgan fingerprint density at radius 3 is 2.60 bits per heavy atom. The zero-order valence-corrected chi connectivity index (χ0v) is 14.4. The van der Waals surface area contributed by atoms with Crippen LogP contribution in [0, 0.1) is 0 Å². The molecule has 3 heterocycles. The maximum atomic E-state index is 12.9. The maximum absolute atomic E-state index is 12.9. The highest BCUT2D eigenvalue weighted by molar-refractivity contribution is 7.89. The smallest absolute Gasteiger partial charge is 0.289 e. The number of amides is 1. The molecule has 1 aromatic heterocycles. The van der Waals surface area contributed by atoms with E-state index in [1.54, 1.807) is 35.2 Å². The minimum Gasteiger partial charge on any atom is -0.493 e. The molecule has 0 N–H and O–H groups in total. The van der Waals surface area contributed by atoms with Gasteiger partial charge >= 0.3 is 0 Å². The first kappa shape index (κ1) is 16.2. The molecule has 0 radical (unpaired) electrons. The van der Waals surface area contributed by atoms with Crippen molar-refractivity contribution in [2.75, 3.05) is 32.8 Å². The van der Waals surface area contributed by atoms with Crippen molar-refractivity contribution >= 4 is 15.9 Å². The van der Waals surface area contributed by atoms with Crippen molar-refractivity contribution < 1.29 is 22.4 Å². The summed E-state index contributed by atoms with van der Waals surface area (Å²) in [5.41, 5.74) is 0.924. The standard InChI is InChI=1S/C17H18N2O5S/c20-17(16-2-1-10-23-16)18-6-8-19(9-7-18)25(21,22)14-3-4-15-13(12-14)5-11-24-15/h1-4,10,12H,5-9,11H2. The van der Waals surface area contributed by atoms with E-state index in [1.165, 1.54) is 10.6 Å². The molecule has 8 heteroatoms. The van der Waals surface area contributed by atoms with Gasteiger partial charge in [0, 0.05) is 32.6 Å². The lowest BCUT2D eigenvalue weighted by atomic mass is 10.2. The van der Waals surface area contributed by atoms with Crippen LogP contribution in [0.2, 0.25) is 0 Å². The third-order valence-corrected chi connectivity index (χ3v) is 6.45. The Kier molecular flexibility index (Phi) is 4.01. The molecule has 4 rings (SSSR count). The molecule has 2 aromatic rings. The maximum Gasteiger partial charge on any atom is 0.289 e. The zero-order chi connectivity index (χ0) is 17.4. The molecule has 1 saturated heterocycles. The number of ether oxygens (including phenoxy) is 1. The van der Waals surface area contributed by atoms with Crippen LogP contribution in [0.15, 0.2) is 45.9 Å². The molecule has 7 nitrogen and oxygen atoms in total. The number of carbonyl (C=O) groups excluding carboxylic acids is 1. The second-order valence-electron chi connectivity index (χ2n) is 6.04. The predicted octanol–water partition coefficient (Wildman–Crippen LogP) is 1.36. The molecule has 0 bridgehead atoms. The number of hydrogen-bond donors (Lipinski definition) is 0. The Morgan fingerprint density at radius 2 is 1.88 bits per heavy atom. The molecule has 2 aliphatic rings. The van der Waals surface area contributed by atoms with Crippen LogP contribution in [0.25, 0.3) is 0 Å². The first-order chi connectivity index (χ1) is 12.1. The van der Waals surface area contributed by atoms with Gasteiger partial charge in [0.25, 0.3) is 5.91 Å². The third-order valence-electron chi connectivity index (χ3n) is 4.56. The first-order valence-corrected chi connectivity index (χ1v) is 9.58. The number of nitrogens with zero attached hydrogens (tertiary/aromatic N) is 2. The second-order valence-corrected chi connectivity index (χ2v) is 7.98. The first-order valence-electron chi connectivity index (χ1n) is 8.14. The van der Waals surface area contributed by atoms with Crippen LogP contribution in [0.4, 0.5) is 0 Å². The molecule has 1 fully saturated rings. The molecule has 0 spiro atoms. The van der Waals surface area contributed by atoms with E-state index in [0.717, 1.165) is 17.7 Å². The van der Waals surface area contributed by atoms with Gasteiger partial charge in [-0.3, -0.25) is 4.79 Å². The summed E-state index contributed by atoms with van der Waals surface area (Å²) >= 11 is 0. The summed E-state index contributed by atoms with van der Waals surface area (Å²) in [6.07, 6.45) is 2.18. The van der Waals surface area contributed by atoms with Crippen LogP contribution in [-0.4, -0.2) is 56.3 Å². The summed E-state index contributed by atoms with van der Waals surface area (Å²) in [5.74, 6) is 0.819. The molecule has 25 heavy (non-hydrogen) atoms. The normalized spacial score (nSPS) is 18.0. The molecular weight excluding hydrogens is 344 g/mol. The van der Waals surface area contributed by atoms with Gasteiger partial charge in [-0.2, -0.15) is 4.31 Å². The summed E-state index contributed by atoms with van der Waals surface area (Å²) in [7, 11) is -3.57. The lowest BCUT2D eigenvalue weighted by molar-refractivity contribution is 0.0666. The lowest BCUT2D eigenvalue weighted by Crippen LogP contribution is -2.50. The minimum atomic E-state index is -3.57. The van der Waals surface area contributed by atoms with Crippen molar-refractivity contribution in [2.45, 2.75) is 11.3 Å². The van der Waals surface area contributed by atoms with Crippen LogP contribution in [0.3, 0.4) is 0 Å². The summed E-state index contributed by atoms with van der Waals surface area (Å²) in [5, 5.41) is 0. The highest BCUT2D eigenvalue weighted by Gasteiger charge is 2.31. The van der Waals surface area contributed by atoms with E-state index in [9.17, 15) is 13.2 Å². The van der Waals surface area contributed by atoms with Crippen molar-refractivity contribution in [3.05, 3.63) is 47.9 Å². The summed E-state index contributed by atoms with van der Waals surface area (Å²) < 4.78 is 37.7. The summed E-state index contributed by atoms with van der Waals surface area (Å²) in [6, 6.07) is 8.26. The van der Waals surface area contributed by atoms with E-state index >= 15 is 0 Å². The Hall–Kier alpha value is -2.32. The molecular formula is C17H18N2O5S. The molecule has 2 aliphatic heterocycles. The van der Waals surface area contributed by atoms with Crippen molar-refractivity contribution in [3.63, 3.8) is 0 Å². The highest BCUT2D eigenvalue weighted by atomic mass is 32.2. The number of fused-ring (bicyclic) bond motifs is 1. The average molecular weight is 362 g/mol. The van der Waals surface area contributed by atoms with Gasteiger partial charge in [-0.25, -0.2) is 8.42 Å². The minimum absolute atomic E-state index is 0.211. The van der Waals surface area contributed by atoms with Gasteiger partial charge in [-0.1, -0.05) is 0 Å².